The van der Waals surface area contributed by atoms with Crippen molar-refractivity contribution < 1.29 is 14.1 Å². The van der Waals surface area contributed by atoms with Gasteiger partial charge in [0.05, 0.1) is 11.6 Å². The Morgan fingerprint density at radius 3 is 2.83 bits per heavy atom. The molecular weight excluding hydrogens is 302 g/mol. The number of methoxy groups -OCH3 is 1. The SMILES string of the molecule is COc1ccc(C(=O)Nc2nc(C)no2)cc1Br. The lowest BCUT2D eigenvalue weighted by atomic mass is 10.2. The molecule has 1 aromatic carbocycles. The van der Waals surface area contributed by atoms with Crippen LogP contribution in [0, 0.1) is 6.92 Å². The van der Waals surface area contributed by atoms with Crippen LogP contribution >= 0.6 is 15.9 Å². The molecule has 0 aliphatic heterocycles. The van der Waals surface area contributed by atoms with Gasteiger partial charge in [0.15, 0.2) is 5.82 Å². The first-order valence-electron chi connectivity index (χ1n) is 5.05. The molecule has 0 bridgehead atoms. The highest BCUT2D eigenvalue weighted by molar-refractivity contribution is 9.10. The van der Waals surface area contributed by atoms with E-state index in [1.807, 2.05) is 0 Å². The fraction of sp³-hybridized carbons (Fsp3) is 0.182. The third-order valence-corrected chi connectivity index (χ3v) is 2.78. The van der Waals surface area contributed by atoms with Crippen molar-refractivity contribution in [3.63, 3.8) is 0 Å². The monoisotopic (exact) mass is 311 g/mol. The summed E-state index contributed by atoms with van der Waals surface area (Å²) >= 11 is 3.31. The van der Waals surface area contributed by atoms with Gasteiger partial charge >= 0.3 is 6.01 Å². The second-order valence-corrected chi connectivity index (χ2v) is 4.30. The third kappa shape index (κ3) is 2.67. The van der Waals surface area contributed by atoms with Gasteiger partial charge in [-0.05, 0) is 41.1 Å². The third-order valence-electron chi connectivity index (χ3n) is 2.16. The van der Waals surface area contributed by atoms with Crippen LogP contribution in [0.5, 0.6) is 5.75 Å². The molecule has 94 valence electrons. The molecule has 1 aromatic heterocycles. The van der Waals surface area contributed by atoms with Gasteiger partial charge in [0.25, 0.3) is 5.91 Å². The molecule has 2 aromatic rings. The summed E-state index contributed by atoms with van der Waals surface area (Å²) in [6, 6.07) is 5.06. The first-order chi connectivity index (χ1) is 8.60. The zero-order chi connectivity index (χ0) is 13.1. The van der Waals surface area contributed by atoms with Crippen molar-refractivity contribution >= 4 is 27.9 Å². The molecule has 1 amide bonds. The maximum absolute atomic E-state index is 11.9. The summed E-state index contributed by atoms with van der Waals surface area (Å²) in [6.07, 6.45) is 0. The fourth-order valence-corrected chi connectivity index (χ4v) is 1.87. The number of anilines is 1. The molecule has 2 rings (SSSR count). The average Bonchev–Trinajstić information content (AvgIpc) is 2.74. The largest absolute Gasteiger partial charge is 0.496 e. The second-order valence-electron chi connectivity index (χ2n) is 3.45. The van der Waals surface area contributed by atoms with E-state index in [1.54, 1.807) is 32.2 Å². The van der Waals surface area contributed by atoms with Crippen LogP contribution in [0.3, 0.4) is 0 Å². The van der Waals surface area contributed by atoms with E-state index in [-0.39, 0.29) is 11.9 Å². The lowest BCUT2D eigenvalue weighted by molar-refractivity contribution is 0.102. The Hall–Kier alpha value is -1.89. The average molecular weight is 312 g/mol. The number of hydrogen-bond donors (Lipinski definition) is 1. The summed E-state index contributed by atoms with van der Waals surface area (Å²) in [5.41, 5.74) is 0.457. The number of benzene rings is 1. The Morgan fingerprint density at radius 1 is 1.50 bits per heavy atom. The summed E-state index contributed by atoms with van der Waals surface area (Å²) in [7, 11) is 1.56. The minimum absolute atomic E-state index is 0.0736. The van der Waals surface area contributed by atoms with E-state index < -0.39 is 0 Å². The zero-order valence-electron chi connectivity index (χ0n) is 9.73. The maximum atomic E-state index is 11.9. The zero-order valence-corrected chi connectivity index (χ0v) is 11.3. The molecule has 0 saturated heterocycles. The Morgan fingerprint density at radius 2 is 2.28 bits per heavy atom. The number of nitrogens with one attached hydrogen (secondary N) is 1. The van der Waals surface area contributed by atoms with Gasteiger partial charge in [-0.1, -0.05) is 5.16 Å². The number of aryl methyl sites for hydroxylation is 1. The van der Waals surface area contributed by atoms with Crippen molar-refractivity contribution in [3.8, 4) is 5.75 Å². The van der Waals surface area contributed by atoms with Crippen LogP contribution in [-0.2, 0) is 0 Å². The number of hydrogen-bond acceptors (Lipinski definition) is 5. The quantitative estimate of drug-likeness (QED) is 0.941. The smallest absolute Gasteiger partial charge is 0.328 e. The number of amides is 1. The molecule has 1 heterocycles. The van der Waals surface area contributed by atoms with Crippen molar-refractivity contribution in [2.45, 2.75) is 6.92 Å². The van der Waals surface area contributed by atoms with Gasteiger partial charge in [-0.25, -0.2) is 0 Å². The maximum Gasteiger partial charge on any atom is 0.328 e. The molecule has 0 atom stereocenters. The van der Waals surface area contributed by atoms with Crippen LogP contribution in [0.4, 0.5) is 6.01 Å². The number of halogens is 1. The van der Waals surface area contributed by atoms with Gasteiger partial charge in [-0.2, -0.15) is 4.98 Å². The summed E-state index contributed by atoms with van der Waals surface area (Å²) < 4.78 is 10.6. The molecular formula is C11H10BrN3O3. The highest BCUT2D eigenvalue weighted by Gasteiger charge is 2.12. The Labute approximate surface area is 111 Å². The van der Waals surface area contributed by atoms with Crippen molar-refractivity contribution in [2.75, 3.05) is 12.4 Å². The molecule has 0 radical (unpaired) electrons. The van der Waals surface area contributed by atoms with Crippen molar-refractivity contribution in [1.82, 2.24) is 10.1 Å². The predicted octanol–water partition coefficient (Wildman–Crippen LogP) is 2.40. The fourth-order valence-electron chi connectivity index (χ4n) is 1.32. The van der Waals surface area contributed by atoms with E-state index in [9.17, 15) is 4.79 Å². The summed E-state index contributed by atoms with van der Waals surface area (Å²) in [5.74, 6) is 0.781. The number of ether oxygens (including phenoxy) is 1. The molecule has 0 spiro atoms. The molecule has 18 heavy (non-hydrogen) atoms. The van der Waals surface area contributed by atoms with Gasteiger partial charge in [-0.15, -0.1) is 0 Å². The standard InChI is InChI=1S/C11H10BrN3O3/c1-6-13-11(18-15-6)14-10(16)7-3-4-9(17-2)8(12)5-7/h3-5H,1-2H3,(H,13,14,15,16). The number of rotatable bonds is 3. The number of aromatic nitrogens is 2. The van der Waals surface area contributed by atoms with E-state index in [4.69, 9.17) is 9.26 Å². The highest BCUT2D eigenvalue weighted by atomic mass is 79.9. The van der Waals surface area contributed by atoms with E-state index in [0.717, 1.165) is 0 Å². The minimum Gasteiger partial charge on any atom is -0.496 e. The van der Waals surface area contributed by atoms with Gasteiger partial charge in [0.1, 0.15) is 5.75 Å². The molecule has 0 aliphatic rings. The topological polar surface area (TPSA) is 77.2 Å². The van der Waals surface area contributed by atoms with Gasteiger partial charge in [0.2, 0.25) is 0 Å². The summed E-state index contributed by atoms with van der Waals surface area (Å²) in [5, 5.41) is 6.08. The molecule has 7 heteroatoms. The Bertz CT molecular complexity index is 583. The first kappa shape index (κ1) is 12.6. The Balaban J connectivity index is 2.16. The molecule has 0 aliphatic carbocycles. The van der Waals surface area contributed by atoms with Crippen LogP contribution in [0.1, 0.15) is 16.2 Å². The minimum atomic E-state index is -0.331. The first-order valence-corrected chi connectivity index (χ1v) is 5.84. The lowest BCUT2D eigenvalue weighted by Crippen LogP contribution is -2.12. The molecule has 0 unspecified atom stereocenters. The van der Waals surface area contributed by atoms with Crippen LogP contribution in [0.15, 0.2) is 27.2 Å². The molecule has 6 nitrogen and oxygen atoms in total. The molecule has 0 fully saturated rings. The Kier molecular flexibility index (Phi) is 3.61. The summed E-state index contributed by atoms with van der Waals surface area (Å²) in [4.78, 5) is 15.8. The van der Waals surface area contributed by atoms with Crippen LogP contribution in [-0.4, -0.2) is 23.2 Å². The van der Waals surface area contributed by atoms with Gasteiger partial charge < -0.3 is 9.26 Å². The van der Waals surface area contributed by atoms with Crippen molar-refractivity contribution in [3.05, 3.63) is 34.1 Å². The summed E-state index contributed by atoms with van der Waals surface area (Å²) in [6.45, 7) is 1.67. The highest BCUT2D eigenvalue weighted by Crippen LogP contribution is 2.25. The van der Waals surface area contributed by atoms with E-state index in [1.165, 1.54) is 0 Å². The van der Waals surface area contributed by atoms with Crippen molar-refractivity contribution in [2.24, 2.45) is 0 Å². The van der Waals surface area contributed by atoms with E-state index >= 15 is 0 Å². The predicted molar refractivity (Wildman–Crippen MR) is 67.7 cm³/mol. The normalized spacial score (nSPS) is 10.2. The van der Waals surface area contributed by atoms with Crippen molar-refractivity contribution in [1.29, 1.82) is 0 Å². The van der Waals surface area contributed by atoms with E-state index in [0.29, 0.717) is 21.6 Å². The number of nitrogens with zero attached hydrogens (tertiary/aromatic N) is 2. The van der Waals surface area contributed by atoms with Gasteiger partial charge in [-0.3, -0.25) is 10.1 Å². The number of carbonyl (C=O) groups is 1. The molecule has 1 N–H and O–H groups in total. The van der Waals surface area contributed by atoms with Gasteiger partial charge in [0, 0.05) is 5.56 Å². The lowest BCUT2D eigenvalue weighted by Gasteiger charge is -2.05. The van der Waals surface area contributed by atoms with E-state index in [2.05, 4.69) is 31.4 Å². The van der Waals surface area contributed by atoms with Crippen LogP contribution in [0.2, 0.25) is 0 Å². The van der Waals surface area contributed by atoms with Crippen LogP contribution in [0.25, 0.3) is 0 Å². The number of carbonyl (C=O) groups excluding carboxylic acids is 1. The van der Waals surface area contributed by atoms with Crippen LogP contribution < -0.4 is 10.1 Å². The molecule has 0 saturated carbocycles. The second kappa shape index (κ2) is 5.18.